The minimum atomic E-state index is -0.258. The summed E-state index contributed by atoms with van der Waals surface area (Å²) in [6.45, 7) is 9.59. The van der Waals surface area contributed by atoms with Gasteiger partial charge in [-0.3, -0.25) is 9.59 Å². The summed E-state index contributed by atoms with van der Waals surface area (Å²) in [5, 5.41) is 11.5. The topological polar surface area (TPSA) is 112 Å². The first-order chi connectivity index (χ1) is 16.5. The molecule has 0 radical (unpaired) electrons. The van der Waals surface area contributed by atoms with E-state index in [2.05, 4.69) is 44.4 Å². The van der Waals surface area contributed by atoms with Crippen LogP contribution in [0.2, 0.25) is 0 Å². The second kappa shape index (κ2) is 8.71. The van der Waals surface area contributed by atoms with Crippen LogP contribution in [-0.4, -0.2) is 35.7 Å². The first kappa shape index (κ1) is 21.8. The van der Waals surface area contributed by atoms with Gasteiger partial charge in [-0.15, -0.1) is 11.7 Å². The molecule has 10 nitrogen and oxygen atoms in total. The van der Waals surface area contributed by atoms with Crippen molar-refractivity contribution in [1.82, 2.24) is 34.4 Å². The lowest BCUT2D eigenvalue weighted by Gasteiger charge is -2.18. The molecule has 34 heavy (non-hydrogen) atoms. The van der Waals surface area contributed by atoms with Crippen molar-refractivity contribution in [3.05, 3.63) is 81.0 Å². The SMILES string of the molecule is C=CCn1c(=O)c2cnc(Nc3ccc4c(c3)CCNC4)nc2n1-c1ccc(=O)n(C(C)C)n1. The van der Waals surface area contributed by atoms with Crippen LogP contribution in [0, 0.1) is 0 Å². The number of fused-ring (bicyclic) bond motifs is 2. The maximum Gasteiger partial charge on any atom is 0.278 e. The average molecular weight is 459 g/mol. The van der Waals surface area contributed by atoms with E-state index in [4.69, 9.17) is 0 Å². The molecular weight excluding hydrogens is 432 g/mol. The molecule has 10 heteroatoms. The molecule has 0 amide bonds. The molecule has 0 unspecified atom stereocenters. The first-order valence-electron chi connectivity index (χ1n) is 11.3. The molecule has 0 fully saturated rings. The van der Waals surface area contributed by atoms with Crippen LogP contribution in [0.25, 0.3) is 16.9 Å². The molecule has 0 saturated heterocycles. The minimum absolute atomic E-state index is 0.139. The van der Waals surface area contributed by atoms with Gasteiger partial charge in [-0.1, -0.05) is 12.1 Å². The van der Waals surface area contributed by atoms with E-state index in [1.54, 1.807) is 16.8 Å². The van der Waals surface area contributed by atoms with Crippen molar-refractivity contribution >= 4 is 22.7 Å². The lowest BCUT2D eigenvalue weighted by molar-refractivity contribution is 0.486. The number of benzene rings is 1. The number of rotatable bonds is 6. The number of nitrogens with one attached hydrogen (secondary N) is 2. The fourth-order valence-electron chi connectivity index (χ4n) is 4.19. The Morgan fingerprint density at radius 2 is 2.06 bits per heavy atom. The van der Waals surface area contributed by atoms with Crippen molar-refractivity contribution in [2.75, 3.05) is 11.9 Å². The molecule has 1 aliphatic heterocycles. The van der Waals surface area contributed by atoms with Gasteiger partial charge in [0.25, 0.3) is 11.1 Å². The fraction of sp³-hybridized carbons (Fsp3) is 0.292. The Balaban J connectivity index is 1.63. The van der Waals surface area contributed by atoms with Gasteiger partial charge < -0.3 is 10.6 Å². The summed E-state index contributed by atoms with van der Waals surface area (Å²) >= 11 is 0. The number of hydrogen-bond acceptors (Lipinski definition) is 7. The normalized spacial score (nSPS) is 13.3. The van der Waals surface area contributed by atoms with Crippen molar-refractivity contribution in [1.29, 1.82) is 0 Å². The zero-order valence-corrected chi connectivity index (χ0v) is 19.2. The molecule has 1 aromatic carbocycles. The fourth-order valence-corrected chi connectivity index (χ4v) is 4.19. The van der Waals surface area contributed by atoms with Gasteiger partial charge in [0.15, 0.2) is 11.5 Å². The second-order valence-electron chi connectivity index (χ2n) is 8.52. The predicted octanol–water partition coefficient (Wildman–Crippen LogP) is 2.30. The Hall–Kier alpha value is -4.05. The van der Waals surface area contributed by atoms with E-state index in [0.717, 1.165) is 25.2 Å². The van der Waals surface area contributed by atoms with Crippen molar-refractivity contribution in [2.45, 2.75) is 39.4 Å². The van der Waals surface area contributed by atoms with Gasteiger partial charge in [0, 0.05) is 24.5 Å². The Kier molecular flexibility index (Phi) is 5.58. The van der Waals surface area contributed by atoms with Crippen molar-refractivity contribution in [3.63, 3.8) is 0 Å². The van der Waals surface area contributed by atoms with Gasteiger partial charge in [0.2, 0.25) is 5.95 Å². The van der Waals surface area contributed by atoms with Crippen LogP contribution in [0.1, 0.15) is 31.0 Å². The van der Waals surface area contributed by atoms with Crippen LogP contribution >= 0.6 is 0 Å². The third kappa shape index (κ3) is 3.81. The number of anilines is 2. The summed E-state index contributed by atoms with van der Waals surface area (Å²) in [5.74, 6) is 0.774. The molecule has 174 valence electrons. The van der Waals surface area contributed by atoms with Gasteiger partial charge in [-0.05, 0) is 56.1 Å². The van der Waals surface area contributed by atoms with Crippen LogP contribution in [0.5, 0.6) is 0 Å². The number of allylic oxidation sites excluding steroid dienone is 1. The van der Waals surface area contributed by atoms with Crippen LogP contribution in [0.3, 0.4) is 0 Å². The monoisotopic (exact) mass is 458 g/mol. The molecule has 0 saturated carbocycles. The molecule has 0 atom stereocenters. The Labute approximate surface area is 195 Å². The van der Waals surface area contributed by atoms with E-state index in [1.807, 2.05) is 19.9 Å². The maximum atomic E-state index is 13.1. The van der Waals surface area contributed by atoms with E-state index in [1.165, 1.54) is 32.8 Å². The highest BCUT2D eigenvalue weighted by molar-refractivity contribution is 5.77. The molecule has 0 spiro atoms. The molecule has 5 rings (SSSR count). The average Bonchev–Trinajstić information content (AvgIpc) is 3.10. The summed E-state index contributed by atoms with van der Waals surface area (Å²) in [7, 11) is 0. The van der Waals surface area contributed by atoms with Crippen LogP contribution in [0.4, 0.5) is 11.6 Å². The maximum absolute atomic E-state index is 13.1. The lowest BCUT2D eigenvalue weighted by Crippen LogP contribution is -2.28. The summed E-state index contributed by atoms with van der Waals surface area (Å²) in [6, 6.07) is 9.10. The molecule has 0 bridgehead atoms. The quantitative estimate of drug-likeness (QED) is 0.427. The zero-order chi connectivity index (χ0) is 23.8. The van der Waals surface area contributed by atoms with Crippen molar-refractivity contribution in [2.24, 2.45) is 0 Å². The Bertz CT molecular complexity index is 1510. The zero-order valence-electron chi connectivity index (χ0n) is 19.2. The molecular formula is C24H26N8O2. The van der Waals surface area contributed by atoms with E-state index in [-0.39, 0.29) is 23.7 Å². The van der Waals surface area contributed by atoms with E-state index < -0.39 is 0 Å². The molecule has 3 aromatic heterocycles. The van der Waals surface area contributed by atoms with E-state index in [0.29, 0.717) is 22.8 Å². The van der Waals surface area contributed by atoms with E-state index >= 15 is 0 Å². The Morgan fingerprint density at radius 3 is 2.85 bits per heavy atom. The van der Waals surface area contributed by atoms with Gasteiger partial charge >= 0.3 is 0 Å². The lowest BCUT2D eigenvalue weighted by atomic mass is 10.0. The molecule has 2 N–H and O–H groups in total. The molecule has 0 aliphatic carbocycles. The van der Waals surface area contributed by atoms with Gasteiger partial charge in [0.05, 0.1) is 12.6 Å². The molecule has 4 aromatic rings. The summed E-state index contributed by atoms with van der Waals surface area (Å²) in [5.41, 5.74) is 3.38. The predicted molar refractivity (Wildman–Crippen MR) is 131 cm³/mol. The van der Waals surface area contributed by atoms with Crippen molar-refractivity contribution < 1.29 is 0 Å². The van der Waals surface area contributed by atoms with Crippen LogP contribution in [0.15, 0.2) is 58.8 Å². The minimum Gasteiger partial charge on any atom is -0.324 e. The summed E-state index contributed by atoms with van der Waals surface area (Å²) < 4.78 is 4.48. The third-order valence-corrected chi connectivity index (χ3v) is 5.84. The highest BCUT2D eigenvalue weighted by Crippen LogP contribution is 2.22. The second-order valence-corrected chi connectivity index (χ2v) is 8.52. The first-order valence-corrected chi connectivity index (χ1v) is 11.3. The summed E-state index contributed by atoms with van der Waals surface area (Å²) in [6.07, 6.45) is 4.11. The molecule has 4 heterocycles. The van der Waals surface area contributed by atoms with Gasteiger partial charge in [-0.2, -0.15) is 4.98 Å². The Morgan fingerprint density at radius 1 is 1.21 bits per heavy atom. The third-order valence-electron chi connectivity index (χ3n) is 5.84. The van der Waals surface area contributed by atoms with Crippen LogP contribution < -0.4 is 21.8 Å². The van der Waals surface area contributed by atoms with Gasteiger partial charge in [0.1, 0.15) is 5.39 Å². The largest absolute Gasteiger partial charge is 0.324 e. The summed E-state index contributed by atoms with van der Waals surface area (Å²) in [4.78, 5) is 34.4. The standard InChI is InChI=1S/C24H26N8O2/c1-4-11-30-23(34)19-14-26-24(27-18-6-5-17-13-25-10-9-16(17)12-18)28-22(19)32(30)20-7-8-21(33)31(29-20)15(2)3/h4-8,12,14-15,25H,1,9-11,13H2,2-3H3,(H,26,27,28). The smallest absolute Gasteiger partial charge is 0.278 e. The number of nitrogens with zero attached hydrogens (tertiary/aromatic N) is 6. The highest BCUT2D eigenvalue weighted by atomic mass is 16.1. The number of hydrogen-bond donors (Lipinski definition) is 2. The van der Waals surface area contributed by atoms with E-state index in [9.17, 15) is 9.59 Å². The highest BCUT2D eigenvalue weighted by Gasteiger charge is 2.19. The number of aromatic nitrogens is 6. The molecule has 1 aliphatic rings. The van der Waals surface area contributed by atoms with Gasteiger partial charge in [-0.25, -0.2) is 19.0 Å². The van der Waals surface area contributed by atoms with Crippen molar-refractivity contribution in [3.8, 4) is 5.82 Å². The van der Waals surface area contributed by atoms with Crippen LogP contribution in [-0.2, 0) is 19.5 Å².